The quantitative estimate of drug-likeness (QED) is 0.790. The summed E-state index contributed by atoms with van der Waals surface area (Å²) in [6.07, 6.45) is 0. The van der Waals surface area contributed by atoms with Gasteiger partial charge in [-0.15, -0.1) is 0 Å². The molecule has 0 spiro atoms. The predicted molar refractivity (Wildman–Crippen MR) is 70.3 cm³/mol. The predicted octanol–water partition coefficient (Wildman–Crippen LogP) is 3.84. The lowest BCUT2D eigenvalue weighted by Gasteiger charge is -2.23. The fraction of sp³-hybridized carbons (Fsp3) is 0.417. The monoisotopic (exact) mass is 300 g/mol. The minimum atomic E-state index is 0.333. The third kappa shape index (κ3) is 3.79. The summed E-state index contributed by atoms with van der Waals surface area (Å²) >= 11 is 9.51. The van der Waals surface area contributed by atoms with Crippen LogP contribution in [0.1, 0.15) is 19.4 Å². The van der Waals surface area contributed by atoms with Crippen LogP contribution in [-0.4, -0.2) is 17.5 Å². The summed E-state index contributed by atoms with van der Waals surface area (Å²) in [5.41, 5.74) is 1.05. The standard InChI is InChI=1S/C12H14BrClN2/c1-9(2)16(6-5-15)8-10-3-4-11(13)7-12(10)14/h3-4,7,9H,6,8H2,1-2H3. The molecule has 86 valence electrons. The Labute approximate surface area is 110 Å². The first-order valence-corrected chi connectivity index (χ1v) is 6.26. The summed E-state index contributed by atoms with van der Waals surface area (Å²) in [6, 6.07) is 8.33. The third-order valence-electron chi connectivity index (χ3n) is 2.39. The maximum Gasteiger partial charge on any atom is 0.0871 e. The highest BCUT2D eigenvalue weighted by Crippen LogP contribution is 2.23. The van der Waals surface area contributed by atoms with Gasteiger partial charge in [0.2, 0.25) is 0 Å². The van der Waals surface area contributed by atoms with Crippen LogP contribution in [0.15, 0.2) is 22.7 Å². The number of halogens is 2. The molecule has 0 aliphatic carbocycles. The van der Waals surface area contributed by atoms with Gasteiger partial charge < -0.3 is 0 Å². The van der Waals surface area contributed by atoms with E-state index in [4.69, 9.17) is 16.9 Å². The van der Waals surface area contributed by atoms with E-state index in [1.165, 1.54) is 0 Å². The molecule has 0 amide bonds. The molecular formula is C12H14BrClN2. The van der Waals surface area contributed by atoms with E-state index in [1.54, 1.807) is 0 Å². The van der Waals surface area contributed by atoms with Crippen molar-refractivity contribution in [2.24, 2.45) is 0 Å². The number of hydrogen-bond donors (Lipinski definition) is 0. The van der Waals surface area contributed by atoms with Crippen molar-refractivity contribution in [1.82, 2.24) is 4.90 Å². The van der Waals surface area contributed by atoms with E-state index in [2.05, 4.69) is 40.7 Å². The molecular weight excluding hydrogens is 288 g/mol. The average molecular weight is 302 g/mol. The second-order valence-electron chi connectivity index (χ2n) is 3.89. The van der Waals surface area contributed by atoms with Crippen LogP contribution in [0, 0.1) is 11.3 Å². The molecule has 0 fully saturated rings. The molecule has 0 radical (unpaired) electrons. The Balaban J connectivity index is 2.82. The number of nitrogens with zero attached hydrogens (tertiary/aromatic N) is 2. The average Bonchev–Trinajstić information content (AvgIpc) is 2.20. The summed E-state index contributed by atoms with van der Waals surface area (Å²) in [6.45, 7) is 5.27. The van der Waals surface area contributed by atoms with E-state index >= 15 is 0 Å². The molecule has 0 atom stereocenters. The second kappa shape index (κ2) is 6.24. The van der Waals surface area contributed by atoms with Gasteiger partial charge in [0.15, 0.2) is 0 Å². The van der Waals surface area contributed by atoms with Gasteiger partial charge in [-0.3, -0.25) is 4.90 Å². The van der Waals surface area contributed by atoms with E-state index in [0.717, 1.165) is 15.1 Å². The maximum atomic E-state index is 8.74. The van der Waals surface area contributed by atoms with Crippen molar-refractivity contribution < 1.29 is 0 Å². The van der Waals surface area contributed by atoms with E-state index in [-0.39, 0.29) is 0 Å². The Morgan fingerprint density at radius 3 is 2.69 bits per heavy atom. The largest absolute Gasteiger partial charge is 0.284 e. The van der Waals surface area contributed by atoms with Crippen LogP contribution >= 0.6 is 27.5 Å². The van der Waals surface area contributed by atoms with Gasteiger partial charge in [-0.1, -0.05) is 33.6 Å². The smallest absolute Gasteiger partial charge is 0.0871 e. The van der Waals surface area contributed by atoms with Crippen LogP contribution in [-0.2, 0) is 6.54 Å². The highest BCUT2D eigenvalue weighted by molar-refractivity contribution is 9.10. The van der Waals surface area contributed by atoms with Gasteiger partial charge >= 0.3 is 0 Å². The first-order valence-electron chi connectivity index (χ1n) is 5.09. The van der Waals surface area contributed by atoms with Gasteiger partial charge in [0.1, 0.15) is 0 Å². The van der Waals surface area contributed by atoms with Crippen LogP contribution in [0.5, 0.6) is 0 Å². The number of benzene rings is 1. The van der Waals surface area contributed by atoms with Crippen molar-refractivity contribution >= 4 is 27.5 Å². The van der Waals surface area contributed by atoms with Crippen molar-refractivity contribution in [2.45, 2.75) is 26.4 Å². The van der Waals surface area contributed by atoms with Crippen LogP contribution < -0.4 is 0 Å². The lowest BCUT2D eigenvalue weighted by atomic mass is 10.2. The van der Waals surface area contributed by atoms with Gasteiger partial charge in [0, 0.05) is 22.1 Å². The lowest BCUT2D eigenvalue weighted by molar-refractivity contribution is 0.240. The highest BCUT2D eigenvalue weighted by Gasteiger charge is 2.11. The molecule has 0 saturated heterocycles. The summed E-state index contributed by atoms with van der Waals surface area (Å²) in [5, 5.41) is 9.48. The number of rotatable bonds is 4. The summed E-state index contributed by atoms with van der Waals surface area (Å²) in [4.78, 5) is 2.08. The number of hydrogen-bond acceptors (Lipinski definition) is 2. The fourth-order valence-electron chi connectivity index (χ4n) is 1.38. The van der Waals surface area contributed by atoms with E-state index in [9.17, 15) is 0 Å². The SMILES string of the molecule is CC(C)N(CC#N)Cc1ccc(Br)cc1Cl. The van der Waals surface area contributed by atoms with Crippen LogP contribution in [0.2, 0.25) is 5.02 Å². The molecule has 0 N–H and O–H groups in total. The molecule has 0 aromatic heterocycles. The molecule has 0 heterocycles. The zero-order valence-corrected chi connectivity index (χ0v) is 11.7. The first-order chi connectivity index (χ1) is 7.54. The van der Waals surface area contributed by atoms with Gasteiger partial charge in [-0.25, -0.2) is 0 Å². The molecule has 0 aliphatic rings. The second-order valence-corrected chi connectivity index (χ2v) is 5.22. The molecule has 1 aromatic carbocycles. The van der Waals surface area contributed by atoms with E-state index in [0.29, 0.717) is 19.1 Å². The van der Waals surface area contributed by atoms with Crippen molar-refractivity contribution in [1.29, 1.82) is 5.26 Å². The van der Waals surface area contributed by atoms with Gasteiger partial charge in [-0.2, -0.15) is 5.26 Å². The minimum Gasteiger partial charge on any atom is -0.284 e. The fourth-order valence-corrected chi connectivity index (χ4v) is 2.11. The molecule has 4 heteroatoms. The Morgan fingerprint density at radius 1 is 1.50 bits per heavy atom. The van der Waals surface area contributed by atoms with Crippen LogP contribution in [0.3, 0.4) is 0 Å². The number of nitriles is 1. The summed E-state index contributed by atoms with van der Waals surface area (Å²) in [7, 11) is 0. The molecule has 1 aromatic rings. The molecule has 0 saturated carbocycles. The Hall–Kier alpha value is -0.560. The van der Waals surface area contributed by atoms with Crippen LogP contribution in [0.4, 0.5) is 0 Å². The van der Waals surface area contributed by atoms with Gasteiger partial charge in [-0.05, 0) is 31.5 Å². The molecule has 1 rings (SSSR count). The van der Waals surface area contributed by atoms with Gasteiger partial charge in [0.05, 0.1) is 12.6 Å². The molecule has 16 heavy (non-hydrogen) atoms. The Bertz CT molecular complexity index is 398. The zero-order valence-electron chi connectivity index (χ0n) is 9.37. The normalized spacial score (nSPS) is 10.8. The molecule has 0 aliphatic heterocycles. The first kappa shape index (κ1) is 13.5. The zero-order chi connectivity index (χ0) is 12.1. The molecule has 0 bridgehead atoms. The maximum absolute atomic E-state index is 8.74. The van der Waals surface area contributed by atoms with Crippen molar-refractivity contribution in [3.63, 3.8) is 0 Å². The van der Waals surface area contributed by atoms with Crippen molar-refractivity contribution in [3.05, 3.63) is 33.3 Å². The van der Waals surface area contributed by atoms with Crippen LogP contribution in [0.25, 0.3) is 0 Å². The summed E-state index contributed by atoms with van der Waals surface area (Å²) < 4.78 is 0.970. The lowest BCUT2D eigenvalue weighted by Crippen LogP contribution is -2.30. The van der Waals surface area contributed by atoms with Crippen molar-refractivity contribution in [2.75, 3.05) is 6.54 Å². The molecule has 2 nitrogen and oxygen atoms in total. The highest BCUT2D eigenvalue weighted by atomic mass is 79.9. The Kier molecular flexibility index (Phi) is 5.27. The van der Waals surface area contributed by atoms with Gasteiger partial charge in [0.25, 0.3) is 0 Å². The van der Waals surface area contributed by atoms with E-state index < -0.39 is 0 Å². The van der Waals surface area contributed by atoms with Crippen molar-refractivity contribution in [3.8, 4) is 6.07 Å². The Morgan fingerprint density at radius 2 is 2.19 bits per heavy atom. The van der Waals surface area contributed by atoms with E-state index in [1.807, 2.05) is 18.2 Å². The summed E-state index contributed by atoms with van der Waals surface area (Å²) in [5.74, 6) is 0. The third-order valence-corrected chi connectivity index (χ3v) is 3.24. The topological polar surface area (TPSA) is 27.0 Å². The molecule has 0 unspecified atom stereocenters. The minimum absolute atomic E-state index is 0.333.